The molecule has 2 aromatic rings. The number of halogens is 1. The van der Waals surface area contributed by atoms with Crippen LogP contribution in [0.15, 0.2) is 53.0 Å². The molecule has 2 amide bonds. The molecule has 1 aliphatic rings. The number of anilines is 1. The van der Waals surface area contributed by atoms with Crippen LogP contribution in [0.2, 0.25) is 0 Å². The lowest BCUT2D eigenvalue weighted by Gasteiger charge is -2.30. The van der Waals surface area contributed by atoms with E-state index in [0.29, 0.717) is 37.2 Å². The van der Waals surface area contributed by atoms with Crippen LogP contribution >= 0.6 is 15.9 Å². The largest absolute Gasteiger partial charge is 0.383 e. The number of rotatable bonds is 9. The molecule has 1 heterocycles. The van der Waals surface area contributed by atoms with E-state index < -0.39 is 10.0 Å². The van der Waals surface area contributed by atoms with Crippen molar-refractivity contribution in [2.24, 2.45) is 5.92 Å². The summed E-state index contributed by atoms with van der Waals surface area (Å²) in [6.45, 7) is 1.33. The highest BCUT2D eigenvalue weighted by Crippen LogP contribution is 2.24. The third kappa shape index (κ3) is 7.10. The molecular formula is C23H28BrN3O5S. The molecule has 2 N–H and O–H groups in total. The normalized spacial score (nSPS) is 15.2. The molecule has 0 unspecified atom stereocenters. The fraction of sp³-hybridized carbons (Fsp3) is 0.391. The Morgan fingerprint density at radius 3 is 2.42 bits per heavy atom. The molecule has 8 nitrogen and oxygen atoms in total. The van der Waals surface area contributed by atoms with Gasteiger partial charge in [-0.15, -0.1) is 0 Å². The van der Waals surface area contributed by atoms with Crippen LogP contribution in [0.1, 0.15) is 28.8 Å². The summed E-state index contributed by atoms with van der Waals surface area (Å²) in [5.41, 5.74) is 1.53. The number of nitrogens with one attached hydrogen (secondary N) is 2. The van der Waals surface area contributed by atoms with Gasteiger partial charge in [-0.05, 0) is 42.7 Å². The van der Waals surface area contributed by atoms with Crippen molar-refractivity contribution in [3.63, 3.8) is 0 Å². The number of nitrogens with zero attached hydrogens (tertiary/aromatic N) is 1. The number of para-hydroxylation sites is 1. The van der Waals surface area contributed by atoms with Crippen LogP contribution in [0, 0.1) is 5.92 Å². The van der Waals surface area contributed by atoms with Gasteiger partial charge in [0, 0.05) is 37.1 Å². The van der Waals surface area contributed by atoms with E-state index in [9.17, 15) is 18.0 Å². The number of carbonyl (C=O) groups excluding carboxylic acids is 2. The molecule has 0 radical (unpaired) electrons. The highest BCUT2D eigenvalue weighted by atomic mass is 79.9. The zero-order chi connectivity index (χ0) is 23.8. The molecule has 3 rings (SSSR count). The Kier molecular flexibility index (Phi) is 9.02. The molecular weight excluding hydrogens is 510 g/mol. The van der Waals surface area contributed by atoms with Crippen LogP contribution in [-0.2, 0) is 25.3 Å². The van der Waals surface area contributed by atoms with E-state index in [0.717, 1.165) is 10.0 Å². The molecule has 0 aromatic heterocycles. The zero-order valence-electron chi connectivity index (χ0n) is 18.4. The summed E-state index contributed by atoms with van der Waals surface area (Å²) in [7, 11) is -1.91. The number of sulfonamides is 1. The lowest BCUT2D eigenvalue weighted by molar-refractivity contribution is -0.120. The van der Waals surface area contributed by atoms with E-state index >= 15 is 0 Å². The van der Waals surface area contributed by atoms with Crippen LogP contribution < -0.4 is 10.6 Å². The number of amides is 2. The van der Waals surface area contributed by atoms with Crippen LogP contribution in [-0.4, -0.2) is 57.9 Å². The highest BCUT2D eigenvalue weighted by Gasteiger charge is 2.31. The third-order valence-corrected chi connectivity index (χ3v) is 7.88. The number of methoxy groups -OCH3 is 1. The number of hydrogen-bond donors (Lipinski definition) is 2. The minimum absolute atomic E-state index is 0.0668. The van der Waals surface area contributed by atoms with Gasteiger partial charge in [0.1, 0.15) is 0 Å². The van der Waals surface area contributed by atoms with Gasteiger partial charge in [-0.3, -0.25) is 9.59 Å². The smallest absolute Gasteiger partial charge is 0.253 e. The maximum Gasteiger partial charge on any atom is 0.253 e. The Morgan fingerprint density at radius 1 is 1.09 bits per heavy atom. The fourth-order valence-electron chi connectivity index (χ4n) is 3.67. The molecule has 33 heavy (non-hydrogen) atoms. The monoisotopic (exact) mass is 537 g/mol. The second-order valence-corrected chi connectivity index (χ2v) is 10.7. The maximum absolute atomic E-state index is 12.8. The molecule has 0 bridgehead atoms. The van der Waals surface area contributed by atoms with Crippen molar-refractivity contribution in [2.45, 2.75) is 18.6 Å². The predicted molar refractivity (Wildman–Crippen MR) is 130 cm³/mol. The summed E-state index contributed by atoms with van der Waals surface area (Å²) < 4.78 is 32.9. The quantitative estimate of drug-likeness (QED) is 0.478. The number of hydrogen-bond acceptors (Lipinski definition) is 5. The Morgan fingerprint density at radius 2 is 1.76 bits per heavy atom. The summed E-state index contributed by atoms with van der Waals surface area (Å²) in [5, 5.41) is 5.59. The predicted octanol–water partition coefficient (Wildman–Crippen LogP) is 3.01. The Hall–Kier alpha value is -2.27. The van der Waals surface area contributed by atoms with Gasteiger partial charge in [0.15, 0.2) is 0 Å². The maximum atomic E-state index is 12.8. The van der Waals surface area contributed by atoms with Crippen molar-refractivity contribution in [3.05, 3.63) is 64.1 Å². The molecule has 1 saturated heterocycles. The summed E-state index contributed by atoms with van der Waals surface area (Å²) >= 11 is 3.35. The molecule has 1 aliphatic heterocycles. The van der Waals surface area contributed by atoms with Crippen molar-refractivity contribution in [3.8, 4) is 0 Å². The molecule has 0 atom stereocenters. The van der Waals surface area contributed by atoms with E-state index in [1.807, 2.05) is 12.1 Å². The van der Waals surface area contributed by atoms with E-state index in [1.54, 1.807) is 43.5 Å². The van der Waals surface area contributed by atoms with Crippen molar-refractivity contribution in [1.82, 2.24) is 9.62 Å². The van der Waals surface area contributed by atoms with Crippen molar-refractivity contribution < 1.29 is 22.7 Å². The van der Waals surface area contributed by atoms with Crippen LogP contribution in [0.3, 0.4) is 0 Å². The fourth-order valence-corrected chi connectivity index (χ4v) is 5.49. The SMILES string of the molecule is COCCNC(=O)c1ccccc1NC(=O)C1CCN(S(=O)(=O)Cc2ccc(Br)cc2)CC1. The topological polar surface area (TPSA) is 105 Å². The van der Waals surface area contributed by atoms with Gasteiger partial charge < -0.3 is 15.4 Å². The van der Waals surface area contributed by atoms with E-state index in [4.69, 9.17) is 4.74 Å². The average Bonchev–Trinajstić information content (AvgIpc) is 2.81. The van der Waals surface area contributed by atoms with Crippen LogP contribution in [0.4, 0.5) is 5.69 Å². The van der Waals surface area contributed by atoms with E-state index in [1.165, 1.54) is 4.31 Å². The first kappa shape index (κ1) is 25.4. The molecule has 0 aliphatic carbocycles. The van der Waals surface area contributed by atoms with Gasteiger partial charge >= 0.3 is 0 Å². The standard InChI is InChI=1S/C23H28BrN3O5S/c1-32-15-12-25-23(29)20-4-2-3-5-21(20)26-22(28)18-10-13-27(14-11-18)33(30,31)16-17-6-8-19(24)9-7-17/h2-9,18H,10-16H2,1H3,(H,25,29)(H,26,28). The Balaban J connectivity index is 1.56. The first-order valence-corrected chi connectivity index (χ1v) is 13.1. The average molecular weight is 538 g/mol. The first-order valence-electron chi connectivity index (χ1n) is 10.7. The Bertz CT molecular complexity index is 1070. The lowest BCUT2D eigenvalue weighted by Crippen LogP contribution is -2.42. The number of benzene rings is 2. The second kappa shape index (κ2) is 11.7. The van der Waals surface area contributed by atoms with Crippen LogP contribution in [0.25, 0.3) is 0 Å². The molecule has 0 spiro atoms. The van der Waals surface area contributed by atoms with Gasteiger partial charge in [-0.25, -0.2) is 12.7 Å². The summed E-state index contributed by atoms with van der Waals surface area (Å²) in [5.74, 6) is -0.898. The highest BCUT2D eigenvalue weighted by molar-refractivity contribution is 9.10. The van der Waals surface area contributed by atoms with Crippen molar-refractivity contribution >= 4 is 43.5 Å². The zero-order valence-corrected chi connectivity index (χ0v) is 20.8. The molecule has 10 heteroatoms. The lowest BCUT2D eigenvalue weighted by atomic mass is 9.97. The van der Waals surface area contributed by atoms with Gasteiger partial charge in [-0.1, -0.05) is 40.2 Å². The second-order valence-electron chi connectivity index (χ2n) is 7.84. The van der Waals surface area contributed by atoms with Gasteiger partial charge in [0.05, 0.1) is 23.6 Å². The number of carbonyl (C=O) groups is 2. The molecule has 2 aromatic carbocycles. The van der Waals surface area contributed by atoms with Gasteiger partial charge in [-0.2, -0.15) is 0 Å². The van der Waals surface area contributed by atoms with Crippen molar-refractivity contribution in [2.75, 3.05) is 38.7 Å². The summed E-state index contributed by atoms with van der Waals surface area (Å²) in [6, 6.07) is 14.0. The first-order chi connectivity index (χ1) is 15.8. The minimum atomic E-state index is -3.46. The number of ether oxygens (including phenoxy) is 1. The third-order valence-electron chi connectivity index (χ3n) is 5.50. The van der Waals surface area contributed by atoms with E-state index in [-0.39, 0.29) is 36.6 Å². The van der Waals surface area contributed by atoms with Crippen molar-refractivity contribution in [1.29, 1.82) is 0 Å². The molecule has 178 valence electrons. The van der Waals surface area contributed by atoms with Gasteiger partial charge in [0.25, 0.3) is 5.91 Å². The minimum Gasteiger partial charge on any atom is -0.383 e. The molecule has 0 saturated carbocycles. The number of piperidine rings is 1. The molecule has 1 fully saturated rings. The Labute approximate surface area is 202 Å². The van der Waals surface area contributed by atoms with Gasteiger partial charge in [0.2, 0.25) is 15.9 Å². The van der Waals surface area contributed by atoms with Crippen LogP contribution in [0.5, 0.6) is 0 Å². The summed E-state index contributed by atoms with van der Waals surface area (Å²) in [6.07, 6.45) is 0.848. The summed E-state index contributed by atoms with van der Waals surface area (Å²) in [4.78, 5) is 25.3. The van der Waals surface area contributed by atoms with E-state index in [2.05, 4.69) is 26.6 Å².